The van der Waals surface area contributed by atoms with Gasteiger partial charge in [-0.25, -0.2) is 0 Å². The fraction of sp³-hybridized carbons (Fsp3) is 0.462. The van der Waals surface area contributed by atoms with Crippen LogP contribution in [-0.4, -0.2) is 6.61 Å². The van der Waals surface area contributed by atoms with E-state index in [9.17, 15) is 0 Å². The molecule has 1 aromatic carbocycles. The second-order valence-electron chi connectivity index (χ2n) is 3.82. The number of rotatable bonds is 6. The highest BCUT2D eigenvalue weighted by Gasteiger charge is 2.00. The molecule has 0 radical (unpaired) electrons. The lowest BCUT2D eigenvalue weighted by Crippen LogP contribution is -2.05. The summed E-state index contributed by atoms with van der Waals surface area (Å²) in [5, 5.41) is 8.38. The summed E-state index contributed by atoms with van der Waals surface area (Å²) in [6.45, 7) is 2.61. The van der Waals surface area contributed by atoms with E-state index in [1.807, 2.05) is 31.2 Å². The van der Waals surface area contributed by atoms with Crippen LogP contribution in [0.2, 0.25) is 0 Å². The molecule has 3 heteroatoms. The van der Waals surface area contributed by atoms with E-state index in [-0.39, 0.29) is 6.04 Å². The van der Waals surface area contributed by atoms with Gasteiger partial charge in [0.25, 0.3) is 0 Å². The molecule has 86 valence electrons. The number of unbranched alkanes of at least 4 members (excludes halogenated alkanes) is 2. The molecule has 1 aromatic rings. The smallest absolute Gasteiger partial charge is 0.119 e. The van der Waals surface area contributed by atoms with E-state index < -0.39 is 0 Å². The van der Waals surface area contributed by atoms with Gasteiger partial charge >= 0.3 is 0 Å². The van der Waals surface area contributed by atoms with Crippen molar-refractivity contribution in [3.63, 3.8) is 0 Å². The van der Waals surface area contributed by atoms with Crippen molar-refractivity contribution >= 4 is 0 Å². The average molecular weight is 218 g/mol. The third kappa shape index (κ3) is 4.33. The SMILES string of the molecule is C[C@H](N)c1cccc(OCCCCC#N)c1. The van der Waals surface area contributed by atoms with E-state index in [0.29, 0.717) is 13.0 Å². The Hall–Kier alpha value is -1.53. The molecule has 0 heterocycles. The van der Waals surface area contributed by atoms with Gasteiger partial charge in [0.15, 0.2) is 0 Å². The highest BCUT2D eigenvalue weighted by atomic mass is 16.5. The van der Waals surface area contributed by atoms with E-state index in [1.165, 1.54) is 0 Å². The van der Waals surface area contributed by atoms with Gasteiger partial charge in [-0.2, -0.15) is 5.26 Å². The van der Waals surface area contributed by atoms with Crippen molar-refractivity contribution in [3.05, 3.63) is 29.8 Å². The Morgan fingerprint density at radius 3 is 2.94 bits per heavy atom. The predicted molar refractivity (Wildman–Crippen MR) is 64.0 cm³/mol. The maximum atomic E-state index is 8.38. The van der Waals surface area contributed by atoms with Gasteiger partial charge in [0.05, 0.1) is 12.7 Å². The van der Waals surface area contributed by atoms with Crippen molar-refractivity contribution in [2.24, 2.45) is 5.73 Å². The first-order valence-corrected chi connectivity index (χ1v) is 5.59. The molecule has 0 spiro atoms. The van der Waals surface area contributed by atoms with Crippen LogP contribution < -0.4 is 10.5 Å². The van der Waals surface area contributed by atoms with Crippen LogP contribution in [0.25, 0.3) is 0 Å². The Morgan fingerprint density at radius 2 is 2.25 bits per heavy atom. The molecule has 1 rings (SSSR count). The Labute approximate surface area is 96.8 Å². The van der Waals surface area contributed by atoms with Gasteiger partial charge in [-0.3, -0.25) is 0 Å². The molecule has 0 saturated heterocycles. The molecule has 0 aromatic heterocycles. The van der Waals surface area contributed by atoms with E-state index >= 15 is 0 Å². The van der Waals surface area contributed by atoms with E-state index in [4.69, 9.17) is 15.7 Å². The van der Waals surface area contributed by atoms with Crippen LogP contribution in [-0.2, 0) is 0 Å². The largest absolute Gasteiger partial charge is 0.494 e. The lowest BCUT2D eigenvalue weighted by molar-refractivity contribution is 0.307. The molecular weight excluding hydrogens is 200 g/mol. The third-order valence-corrected chi connectivity index (χ3v) is 2.34. The second kappa shape index (κ2) is 6.86. The molecule has 0 aliphatic heterocycles. The lowest BCUT2D eigenvalue weighted by atomic mass is 10.1. The van der Waals surface area contributed by atoms with Crippen LogP contribution in [0.5, 0.6) is 5.75 Å². The Bertz CT molecular complexity index is 355. The fourth-order valence-electron chi connectivity index (χ4n) is 1.38. The predicted octanol–water partition coefficient (Wildman–Crippen LogP) is 2.78. The summed E-state index contributed by atoms with van der Waals surface area (Å²) in [6.07, 6.45) is 2.41. The maximum Gasteiger partial charge on any atom is 0.119 e. The van der Waals surface area contributed by atoms with Crippen LogP contribution in [0.15, 0.2) is 24.3 Å². The molecule has 0 aliphatic rings. The van der Waals surface area contributed by atoms with Crippen molar-refractivity contribution in [1.82, 2.24) is 0 Å². The minimum Gasteiger partial charge on any atom is -0.494 e. The van der Waals surface area contributed by atoms with Crippen molar-refractivity contribution in [2.75, 3.05) is 6.61 Å². The van der Waals surface area contributed by atoms with Gasteiger partial charge in [-0.05, 0) is 37.5 Å². The molecule has 16 heavy (non-hydrogen) atoms. The highest BCUT2D eigenvalue weighted by molar-refractivity contribution is 5.30. The first kappa shape index (κ1) is 12.5. The average Bonchev–Trinajstić information content (AvgIpc) is 2.29. The zero-order valence-electron chi connectivity index (χ0n) is 9.65. The summed E-state index contributed by atoms with van der Waals surface area (Å²) in [6, 6.07) is 9.98. The zero-order valence-corrected chi connectivity index (χ0v) is 9.65. The van der Waals surface area contributed by atoms with Gasteiger partial charge in [0.1, 0.15) is 5.75 Å². The first-order valence-electron chi connectivity index (χ1n) is 5.59. The number of hydrogen-bond donors (Lipinski definition) is 1. The monoisotopic (exact) mass is 218 g/mol. The van der Waals surface area contributed by atoms with E-state index in [1.54, 1.807) is 0 Å². The molecule has 0 amide bonds. The Morgan fingerprint density at radius 1 is 1.44 bits per heavy atom. The van der Waals surface area contributed by atoms with Crippen LogP contribution in [0, 0.1) is 11.3 Å². The van der Waals surface area contributed by atoms with Crippen LogP contribution in [0.3, 0.4) is 0 Å². The summed E-state index contributed by atoms with van der Waals surface area (Å²) < 4.78 is 5.58. The van der Waals surface area contributed by atoms with Gasteiger partial charge in [-0.1, -0.05) is 12.1 Å². The summed E-state index contributed by atoms with van der Waals surface area (Å²) in [5.74, 6) is 0.853. The second-order valence-corrected chi connectivity index (χ2v) is 3.82. The summed E-state index contributed by atoms with van der Waals surface area (Å²) in [4.78, 5) is 0. The van der Waals surface area contributed by atoms with Gasteiger partial charge < -0.3 is 10.5 Å². The summed E-state index contributed by atoms with van der Waals surface area (Å²) >= 11 is 0. The molecule has 1 atom stereocenters. The Kier molecular flexibility index (Phi) is 5.38. The van der Waals surface area contributed by atoms with Crippen molar-refractivity contribution in [1.29, 1.82) is 5.26 Å². The Balaban J connectivity index is 2.37. The van der Waals surface area contributed by atoms with Crippen LogP contribution in [0.4, 0.5) is 0 Å². The van der Waals surface area contributed by atoms with Crippen LogP contribution >= 0.6 is 0 Å². The minimum atomic E-state index is 0.0298. The molecule has 0 unspecified atom stereocenters. The van der Waals surface area contributed by atoms with Crippen molar-refractivity contribution in [3.8, 4) is 11.8 Å². The van der Waals surface area contributed by atoms with Crippen LogP contribution in [0.1, 0.15) is 37.8 Å². The molecule has 0 fully saturated rings. The molecular formula is C13H18N2O. The topological polar surface area (TPSA) is 59.0 Å². The van der Waals surface area contributed by atoms with Gasteiger partial charge in [0.2, 0.25) is 0 Å². The maximum absolute atomic E-state index is 8.38. The standard InChI is InChI=1S/C13H18N2O/c1-11(15)12-6-5-7-13(10-12)16-9-4-2-3-8-14/h5-7,10-11H,2-4,9,15H2,1H3/t11-/m0/s1. The summed E-state index contributed by atoms with van der Waals surface area (Å²) in [5.41, 5.74) is 6.86. The highest BCUT2D eigenvalue weighted by Crippen LogP contribution is 2.17. The first-order chi connectivity index (χ1) is 7.74. The van der Waals surface area contributed by atoms with E-state index in [2.05, 4.69) is 6.07 Å². The molecule has 0 saturated carbocycles. The van der Waals surface area contributed by atoms with Gasteiger partial charge in [0, 0.05) is 12.5 Å². The fourth-order valence-corrected chi connectivity index (χ4v) is 1.38. The molecule has 0 aliphatic carbocycles. The van der Waals surface area contributed by atoms with Crippen molar-refractivity contribution in [2.45, 2.75) is 32.2 Å². The number of hydrogen-bond acceptors (Lipinski definition) is 3. The zero-order chi connectivity index (χ0) is 11.8. The number of ether oxygens (including phenoxy) is 1. The summed E-state index contributed by atoms with van der Waals surface area (Å²) in [7, 11) is 0. The quantitative estimate of drug-likeness (QED) is 0.747. The molecule has 2 N–H and O–H groups in total. The van der Waals surface area contributed by atoms with Crippen molar-refractivity contribution < 1.29 is 4.74 Å². The molecule has 0 bridgehead atoms. The number of benzene rings is 1. The number of nitrogens with two attached hydrogens (primary N) is 1. The third-order valence-electron chi connectivity index (χ3n) is 2.34. The minimum absolute atomic E-state index is 0.0298. The number of nitrogens with zero attached hydrogens (tertiary/aromatic N) is 1. The molecule has 3 nitrogen and oxygen atoms in total. The van der Waals surface area contributed by atoms with Gasteiger partial charge in [-0.15, -0.1) is 0 Å². The number of nitriles is 1. The van der Waals surface area contributed by atoms with E-state index in [0.717, 1.165) is 24.2 Å². The normalized spacial score (nSPS) is 11.8. The lowest BCUT2D eigenvalue weighted by Gasteiger charge is -2.09.